The largest absolute Gasteiger partial charge is 0.352 e. The van der Waals surface area contributed by atoms with Crippen LogP contribution in [0.5, 0.6) is 0 Å². The maximum absolute atomic E-state index is 12.8. The SMILES string of the molecule is CC(C)NC(=O)NCc1ccc(C(=O)NCCc2ccc(F)cc2)cc1. The van der Waals surface area contributed by atoms with Crippen LogP contribution in [-0.2, 0) is 13.0 Å². The third-order valence-corrected chi connectivity index (χ3v) is 3.70. The molecule has 2 aromatic rings. The summed E-state index contributed by atoms with van der Waals surface area (Å²) in [6.07, 6.45) is 0.638. The van der Waals surface area contributed by atoms with Gasteiger partial charge >= 0.3 is 6.03 Å². The molecule has 0 fully saturated rings. The fourth-order valence-corrected chi connectivity index (χ4v) is 2.34. The van der Waals surface area contributed by atoms with E-state index in [0.29, 0.717) is 25.1 Å². The van der Waals surface area contributed by atoms with Gasteiger partial charge in [0.2, 0.25) is 0 Å². The van der Waals surface area contributed by atoms with Crippen molar-refractivity contribution in [2.75, 3.05) is 6.54 Å². The zero-order chi connectivity index (χ0) is 18.9. The molecule has 3 amide bonds. The van der Waals surface area contributed by atoms with Crippen molar-refractivity contribution in [3.05, 3.63) is 71.0 Å². The van der Waals surface area contributed by atoms with Crippen LogP contribution in [0.25, 0.3) is 0 Å². The number of carbonyl (C=O) groups is 2. The molecule has 0 atom stereocenters. The molecule has 3 N–H and O–H groups in total. The average Bonchev–Trinajstić information content (AvgIpc) is 2.61. The van der Waals surface area contributed by atoms with Crippen molar-refractivity contribution in [1.29, 1.82) is 0 Å². The minimum atomic E-state index is -0.269. The van der Waals surface area contributed by atoms with Gasteiger partial charge in [0.1, 0.15) is 5.82 Å². The fraction of sp³-hybridized carbons (Fsp3) is 0.300. The standard InChI is InChI=1S/C20H24FN3O2/c1-14(2)24-20(26)23-13-16-3-7-17(8-4-16)19(25)22-12-11-15-5-9-18(21)10-6-15/h3-10,14H,11-13H2,1-2H3,(H,22,25)(H2,23,24,26). The number of nitrogens with one attached hydrogen (secondary N) is 3. The van der Waals surface area contributed by atoms with Gasteiger partial charge in [-0.15, -0.1) is 0 Å². The van der Waals surface area contributed by atoms with Gasteiger partial charge in [-0.1, -0.05) is 24.3 Å². The van der Waals surface area contributed by atoms with E-state index < -0.39 is 0 Å². The van der Waals surface area contributed by atoms with Crippen molar-refractivity contribution in [2.24, 2.45) is 0 Å². The Labute approximate surface area is 153 Å². The molecular formula is C20H24FN3O2. The summed E-state index contributed by atoms with van der Waals surface area (Å²) in [7, 11) is 0. The third-order valence-electron chi connectivity index (χ3n) is 3.70. The van der Waals surface area contributed by atoms with Crippen molar-refractivity contribution in [3.63, 3.8) is 0 Å². The van der Waals surface area contributed by atoms with Gasteiger partial charge in [-0.2, -0.15) is 0 Å². The van der Waals surface area contributed by atoms with E-state index in [9.17, 15) is 14.0 Å². The molecule has 0 radical (unpaired) electrons. The average molecular weight is 357 g/mol. The summed E-state index contributed by atoms with van der Waals surface area (Å²) in [6.45, 7) is 4.65. The van der Waals surface area contributed by atoms with E-state index in [1.54, 1.807) is 24.3 Å². The third kappa shape index (κ3) is 6.55. The molecular weight excluding hydrogens is 333 g/mol. The predicted octanol–water partition coefficient (Wildman–Crippen LogP) is 3.01. The van der Waals surface area contributed by atoms with Crippen LogP contribution in [0, 0.1) is 5.82 Å². The number of rotatable bonds is 7. The molecule has 0 aliphatic heterocycles. The van der Waals surface area contributed by atoms with Gasteiger partial charge in [-0.3, -0.25) is 4.79 Å². The molecule has 0 aliphatic carbocycles. The maximum Gasteiger partial charge on any atom is 0.315 e. The molecule has 2 aromatic carbocycles. The summed E-state index contributed by atoms with van der Waals surface area (Å²) in [5.41, 5.74) is 2.43. The van der Waals surface area contributed by atoms with Crippen LogP contribution in [0.1, 0.15) is 35.3 Å². The van der Waals surface area contributed by atoms with E-state index in [1.807, 2.05) is 26.0 Å². The number of hydrogen-bond acceptors (Lipinski definition) is 2. The lowest BCUT2D eigenvalue weighted by atomic mass is 10.1. The van der Waals surface area contributed by atoms with Crippen LogP contribution in [0.15, 0.2) is 48.5 Å². The summed E-state index contributed by atoms with van der Waals surface area (Å²) >= 11 is 0. The van der Waals surface area contributed by atoms with Crippen molar-refractivity contribution in [2.45, 2.75) is 32.9 Å². The van der Waals surface area contributed by atoms with Crippen LogP contribution in [0.2, 0.25) is 0 Å². The van der Waals surface area contributed by atoms with Crippen molar-refractivity contribution in [1.82, 2.24) is 16.0 Å². The first-order valence-corrected chi connectivity index (χ1v) is 8.60. The first-order valence-electron chi connectivity index (χ1n) is 8.60. The Morgan fingerprint density at radius 1 is 0.923 bits per heavy atom. The highest BCUT2D eigenvalue weighted by atomic mass is 19.1. The monoisotopic (exact) mass is 357 g/mol. The zero-order valence-electron chi connectivity index (χ0n) is 15.0. The van der Waals surface area contributed by atoms with Gasteiger partial charge in [-0.25, -0.2) is 9.18 Å². The molecule has 0 spiro atoms. The Morgan fingerprint density at radius 3 is 2.15 bits per heavy atom. The molecule has 0 aromatic heterocycles. The first kappa shape index (κ1) is 19.4. The smallest absolute Gasteiger partial charge is 0.315 e. The van der Waals surface area contributed by atoms with Crippen LogP contribution >= 0.6 is 0 Å². The first-order chi connectivity index (χ1) is 12.4. The van der Waals surface area contributed by atoms with E-state index in [0.717, 1.165) is 11.1 Å². The van der Waals surface area contributed by atoms with Gasteiger partial charge < -0.3 is 16.0 Å². The number of hydrogen-bond donors (Lipinski definition) is 3. The number of urea groups is 1. The van der Waals surface area contributed by atoms with Crippen LogP contribution in [-0.4, -0.2) is 24.5 Å². The Kier molecular flexibility index (Phi) is 7.14. The summed E-state index contributed by atoms with van der Waals surface area (Å²) in [5.74, 6) is -0.432. The second-order valence-corrected chi connectivity index (χ2v) is 6.31. The molecule has 0 saturated heterocycles. The van der Waals surface area contributed by atoms with Gasteiger partial charge in [0, 0.05) is 24.7 Å². The molecule has 138 valence electrons. The summed E-state index contributed by atoms with van der Waals surface area (Å²) < 4.78 is 12.8. The normalized spacial score (nSPS) is 10.5. The Hall–Kier alpha value is -2.89. The second kappa shape index (κ2) is 9.56. The number of amides is 3. The van der Waals surface area contributed by atoms with E-state index in [1.165, 1.54) is 12.1 Å². The molecule has 2 rings (SSSR count). The maximum atomic E-state index is 12.8. The number of halogens is 1. The van der Waals surface area contributed by atoms with E-state index in [-0.39, 0.29) is 23.8 Å². The second-order valence-electron chi connectivity index (χ2n) is 6.31. The van der Waals surface area contributed by atoms with Crippen LogP contribution < -0.4 is 16.0 Å². The van der Waals surface area contributed by atoms with Crippen LogP contribution in [0.4, 0.5) is 9.18 Å². The highest BCUT2D eigenvalue weighted by Gasteiger charge is 2.06. The number of benzene rings is 2. The predicted molar refractivity (Wildman–Crippen MR) is 99.4 cm³/mol. The Balaban J connectivity index is 1.77. The van der Waals surface area contributed by atoms with Crippen molar-refractivity contribution < 1.29 is 14.0 Å². The quantitative estimate of drug-likeness (QED) is 0.713. The Morgan fingerprint density at radius 2 is 1.54 bits per heavy atom. The minimum absolute atomic E-state index is 0.0796. The lowest BCUT2D eigenvalue weighted by Gasteiger charge is -2.10. The van der Waals surface area contributed by atoms with Crippen molar-refractivity contribution >= 4 is 11.9 Å². The highest BCUT2D eigenvalue weighted by molar-refractivity contribution is 5.94. The highest BCUT2D eigenvalue weighted by Crippen LogP contribution is 2.06. The zero-order valence-corrected chi connectivity index (χ0v) is 15.0. The van der Waals surface area contributed by atoms with Gasteiger partial charge in [0.05, 0.1) is 0 Å². The molecule has 0 unspecified atom stereocenters. The number of carbonyl (C=O) groups excluding carboxylic acids is 2. The summed E-state index contributed by atoms with van der Waals surface area (Å²) in [6, 6.07) is 13.2. The molecule has 26 heavy (non-hydrogen) atoms. The Bertz CT molecular complexity index is 728. The van der Waals surface area contributed by atoms with Gasteiger partial charge in [0.15, 0.2) is 0 Å². The molecule has 5 nitrogen and oxygen atoms in total. The van der Waals surface area contributed by atoms with Gasteiger partial charge in [-0.05, 0) is 55.7 Å². The molecule has 0 bridgehead atoms. The van der Waals surface area contributed by atoms with E-state index in [4.69, 9.17) is 0 Å². The van der Waals surface area contributed by atoms with Crippen LogP contribution in [0.3, 0.4) is 0 Å². The fourth-order valence-electron chi connectivity index (χ4n) is 2.34. The molecule has 0 aliphatic rings. The van der Waals surface area contributed by atoms with E-state index >= 15 is 0 Å². The molecule has 6 heteroatoms. The molecule has 0 saturated carbocycles. The minimum Gasteiger partial charge on any atom is -0.352 e. The summed E-state index contributed by atoms with van der Waals surface area (Å²) in [5, 5.41) is 8.35. The molecule has 0 heterocycles. The summed E-state index contributed by atoms with van der Waals surface area (Å²) in [4.78, 5) is 23.7. The van der Waals surface area contributed by atoms with Gasteiger partial charge in [0.25, 0.3) is 5.91 Å². The van der Waals surface area contributed by atoms with Crippen molar-refractivity contribution in [3.8, 4) is 0 Å². The topological polar surface area (TPSA) is 70.2 Å². The lowest BCUT2D eigenvalue weighted by Crippen LogP contribution is -2.39. The van der Waals surface area contributed by atoms with E-state index in [2.05, 4.69) is 16.0 Å². The lowest BCUT2D eigenvalue weighted by molar-refractivity contribution is 0.0954.